The molecule has 9 heteroatoms. The molecular formula is C29H43N3O5S. The molecule has 0 bridgehead atoms. The van der Waals surface area contributed by atoms with Crippen LogP contribution in [0.15, 0.2) is 48.5 Å². The molecule has 0 saturated carbocycles. The van der Waals surface area contributed by atoms with Crippen molar-refractivity contribution in [1.29, 1.82) is 0 Å². The highest BCUT2D eigenvalue weighted by Crippen LogP contribution is 2.30. The normalized spacial score (nSPS) is 12.5. The molecule has 1 atom stereocenters. The summed E-state index contributed by atoms with van der Waals surface area (Å²) in [5.41, 5.74) is 2.01. The molecule has 0 fully saturated rings. The molecule has 1 unspecified atom stereocenters. The minimum atomic E-state index is -3.62. The highest BCUT2D eigenvalue weighted by Gasteiger charge is 2.31. The maximum atomic E-state index is 13.6. The van der Waals surface area contributed by atoms with Crippen LogP contribution in [0.5, 0.6) is 5.75 Å². The molecular weight excluding hydrogens is 502 g/mol. The number of amides is 2. The maximum Gasteiger partial charge on any atom is 0.243 e. The Hall–Kier alpha value is -3.07. The van der Waals surface area contributed by atoms with Gasteiger partial charge in [-0.1, -0.05) is 48.9 Å². The van der Waals surface area contributed by atoms with Gasteiger partial charge >= 0.3 is 0 Å². The second-order valence-electron chi connectivity index (χ2n) is 10.5. The standard InChI is InChI=1S/C29H43N3O5S/c1-8-24(28(34)30-29(4,5)6)31(21-23-15-12-14-22(3)20-23)27(33)18-13-19-32(38(7,35)36)25-16-10-11-17-26(25)37-9-2/h10-12,14-17,20,24H,8-9,13,18-19,21H2,1-7H3,(H,30,34). The van der Waals surface area contributed by atoms with Gasteiger partial charge in [-0.3, -0.25) is 13.9 Å². The first-order valence-electron chi connectivity index (χ1n) is 13.1. The van der Waals surface area contributed by atoms with Gasteiger partial charge in [0.05, 0.1) is 18.6 Å². The predicted octanol–water partition coefficient (Wildman–Crippen LogP) is 4.66. The Kier molecular flexibility index (Phi) is 11.2. The fourth-order valence-corrected chi connectivity index (χ4v) is 5.27. The number of carbonyl (C=O) groups excluding carboxylic acids is 2. The van der Waals surface area contributed by atoms with Crippen molar-refractivity contribution in [2.75, 3.05) is 23.7 Å². The minimum absolute atomic E-state index is 0.0912. The van der Waals surface area contributed by atoms with Crippen LogP contribution in [0, 0.1) is 6.92 Å². The number of hydrogen-bond acceptors (Lipinski definition) is 5. The van der Waals surface area contributed by atoms with Crippen molar-refractivity contribution in [1.82, 2.24) is 10.2 Å². The van der Waals surface area contributed by atoms with Crippen LogP contribution in [0.3, 0.4) is 0 Å². The molecule has 2 aromatic rings. The molecule has 0 saturated heterocycles. The molecule has 2 aromatic carbocycles. The van der Waals surface area contributed by atoms with Gasteiger partial charge in [-0.05, 0) is 65.2 Å². The van der Waals surface area contributed by atoms with Crippen molar-refractivity contribution < 1.29 is 22.7 Å². The molecule has 0 aliphatic rings. The summed E-state index contributed by atoms with van der Waals surface area (Å²) in [6, 6.07) is 14.2. The van der Waals surface area contributed by atoms with Crippen LogP contribution in [0.2, 0.25) is 0 Å². The average molecular weight is 546 g/mol. The van der Waals surface area contributed by atoms with Crippen LogP contribution >= 0.6 is 0 Å². The fraction of sp³-hybridized carbons (Fsp3) is 0.517. The van der Waals surface area contributed by atoms with Gasteiger partial charge in [0.25, 0.3) is 0 Å². The van der Waals surface area contributed by atoms with E-state index in [1.807, 2.05) is 65.8 Å². The highest BCUT2D eigenvalue weighted by molar-refractivity contribution is 7.92. The van der Waals surface area contributed by atoms with Crippen LogP contribution in [0.4, 0.5) is 5.69 Å². The highest BCUT2D eigenvalue weighted by atomic mass is 32.2. The summed E-state index contributed by atoms with van der Waals surface area (Å²) < 4.78 is 32.3. The Balaban J connectivity index is 2.28. The maximum absolute atomic E-state index is 13.6. The number of sulfonamides is 1. The van der Waals surface area contributed by atoms with E-state index in [0.717, 1.165) is 17.4 Å². The number of rotatable bonds is 13. The first-order chi connectivity index (χ1) is 17.8. The third kappa shape index (κ3) is 9.35. The lowest BCUT2D eigenvalue weighted by Gasteiger charge is -2.33. The summed E-state index contributed by atoms with van der Waals surface area (Å²) in [5, 5.41) is 3.00. The number of benzene rings is 2. The van der Waals surface area contributed by atoms with Crippen LogP contribution < -0.4 is 14.4 Å². The van der Waals surface area contributed by atoms with E-state index >= 15 is 0 Å². The number of nitrogens with zero attached hydrogens (tertiary/aromatic N) is 2. The predicted molar refractivity (Wildman–Crippen MR) is 153 cm³/mol. The lowest BCUT2D eigenvalue weighted by Crippen LogP contribution is -2.53. The number of carbonyl (C=O) groups is 2. The third-order valence-corrected chi connectivity index (χ3v) is 7.09. The summed E-state index contributed by atoms with van der Waals surface area (Å²) in [4.78, 5) is 28.4. The van der Waals surface area contributed by atoms with E-state index in [2.05, 4.69) is 5.32 Å². The molecule has 0 aromatic heterocycles. The second-order valence-corrected chi connectivity index (χ2v) is 12.4. The summed E-state index contributed by atoms with van der Waals surface area (Å²) in [7, 11) is -3.62. The van der Waals surface area contributed by atoms with E-state index in [1.54, 1.807) is 29.2 Å². The van der Waals surface area contributed by atoms with Gasteiger partial charge in [0, 0.05) is 25.0 Å². The van der Waals surface area contributed by atoms with Crippen LogP contribution in [0.1, 0.15) is 65.0 Å². The second kappa shape index (κ2) is 13.6. The number of hydrogen-bond donors (Lipinski definition) is 1. The zero-order valence-electron chi connectivity index (χ0n) is 23.8. The van der Waals surface area contributed by atoms with E-state index < -0.39 is 21.6 Å². The molecule has 210 valence electrons. The summed E-state index contributed by atoms with van der Waals surface area (Å²) in [6.07, 6.45) is 1.98. The molecule has 2 rings (SSSR count). The molecule has 1 N–H and O–H groups in total. The van der Waals surface area contributed by atoms with Crippen LogP contribution in [-0.2, 0) is 26.2 Å². The Bertz CT molecular complexity index is 1190. The third-order valence-electron chi connectivity index (χ3n) is 5.91. The zero-order valence-corrected chi connectivity index (χ0v) is 24.6. The first-order valence-corrected chi connectivity index (χ1v) is 15.0. The van der Waals surface area contributed by atoms with Crippen molar-refractivity contribution in [2.45, 2.75) is 78.9 Å². The van der Waals surface area contributed by atoms with Gasteiger partial charge in [0.15, 0.2) is 0 Å². The van der Waals surface area contributed by atoms with E-state index in [4.69, 9.17) is 4.74 Å². The van der Waals surface area contributed by atoms with Gasteiger partial charge in [-0.15, -0.1) is 0 Å². The van der Waals surface area contributed by atoms with Crippen molar-refractivity contribution in [2.24, 2.45) is 0 Å². The van der Waals surface area contributed by atoms with Crippen LogP contribution in [-0.4, -0.2) is 56.1 Å². The van der Waals surface area contributed by atoms with Crippen molar-refractivity contribution in [3.8, 4) is 5.75 Å². The van der Waals surface area contributed by atoms with Crippen LogP contribution in [0.25, 0.3) is 0 Å². The SMILES string of the molecule is CCOc1ccccc1N(CCCC(=O)N(Cc1cccc(C)c1)C(CC)C(=O)NC(C)(C)C)S(C)(=O)=O. The zero-order chi connectivity index (χ0) is 28.5. The Morgan fingerprint density at radius 3 is 2.32 bits per heavy atom. The van der Waals surface area contributed by atoms with Crippen molar-refractivity contribution in [3.63, 3.8) is 0 Å². The molecule has 0 spiro atoms. The van der Waals surface area contributed by atoms with E-state index in [0.29, 0.717) is 31.0 Å². The molecule has 0 aliphatic carbocycles. The van der Waals surface area contributed by atoms with Crippen molar-refractivity contribution in [3.05, 3.63) is 59.7 Å². The molecule has 0 aliphatic heterocycles. The van der Waals surface area contributed by atoms with Gasteiger partial charge in [0.2, 0.25) is 21.8 Å². The molecule has 8 nitrogen and oxygen atoms in total. The number of aryl methyl sites for hydroxylation is 1. The molecule has 0 heterocycles. The summed E-state index contributed by atoms with van der Waals surface area (Å²) in [5.74, 6) is 0.0658. The smallest absolute Gasteiger partial charge is 0.243 e. The Labute approximate surface area is 228 Å². The largest absolute Gasteiger partial charge is 0.492 e. The summed E-state index contributed by atoms with van der Waals surface area (Å²) in [6.45, 7) is 12.2. The minimum Gasteiger partial charge on any atom is -0.492 e. The lowest BCUT2D eigenvalue weighted by molar-refractivity contribution is -0.142. The number of para-hydroxylation sites is 2. The van der Waals surface area contributed by atoms with Gasteiger partial charge < -0.3 is 15.0 Å². The molecule has 2 amide bonds. The van der Waals surface area contributed by atoms with E-state index in [-0.39, 0.29) is 31.2 Å². The quantitative estimate of drug-likeness (QED) is 0.395. The van der Waals surface area contributed by atoms with Crippen molar-refractivity contribution >= 4 is 27.5 Å². The number of nitrogens with one attached hydrogen (secondary N) is 1. The Morgan fingerprint density at radius 2 is 1.74 bits per heavy atom. The lowest BCUT2D eigenvalue weighted by atomic mass is 10.0. The van der Waals surface area contributed by atoms with E-state index in [9.17, 15) is 18.0 Å². The number of anilines is 1. The first kappa shape index (κ1) is 31.1. The van der Waals surface area contributed by atoms with Gasteiger partial charge in [-0.2, -0.15) is 0 Å². The monoisotopic (exact) mass is 545 g/mol. The average Bonchev–Trinajstić information content (AvgIpc) is 2.80. The van der Waals surface area contributed by atoms with E-state index in [1.165, 1.54) is 4.31 Å². The molecule has 0 radical (unpaired) electrons. The van der Waals surface area contributed by atoms with Gasteiger partial charge in [-0.25, -0.2) is 8.42 Å². The number of ether oxygens (including phenoxy) is 1. The van der Waals surface area contributed by atoms with Gasteiger partial charge in [0.1, 0.15) is 11.8 Å². The summed E-state index contributed by atoms with van der Waals surface area (Å²) >= 11 is 0. The topological polar surface area (TPSA) is 96.0 Å². The Morgan fingerprint density at radius 1 is 1.05 bits per heavy atom. The fourth-order valence-electron chi connectivity index (χ4n) is 4.30. The molecule has 38 heavy (non-hydrogen) atoms.